The van der Waals surface area contributed by atoms with Gasteiger partial charge in [-0.15, -0.1) is 0 Å². The summed E-state index contributed by atoms with van der Waals surface area (Å²) in [7, 11) is 0. The van der Waals surface area contributed by atoms with Crippen LogP contribution in [0, 0.1) is 0 Å². The molecule has 0 bridgehead atoms. The standard InChI is InChI=1S/C10H22O.C9H17NO2/c1-4-6-7-9-10(3,11)8-5-2;1-9(2,3)12-8(11)10-6-4-5-7-10/h11H,4-9H2,1-3H3;4-7H2,1-3H3. The van der Waals surface area contributed by atoms with Gasteiger partial charge >= 0.3 is 6.09 Å². The Morgan fingerprint density at radius 1 is 1.00 bits per heavy atom. The molecular formula is C19H39NO3. The van der Waals surface area contributed by atoms with Crippen LogP contribution in [-0.4, -0.2) is 40.4 Å². The molecule has 0 spiro atoms. The molecule has 4 heteroatoms. The van der Waals surface area contributed by atoms with Crippen LogP contribution >= 0.6 is 0 Å². The summed E-state index contributed by atoms with van der Waals surface area (Å²) < 4.78 is 5.21. The van der Waals surface area contributed by atoms with Crippen LogP contribution in [-0.2, 0) is 4.74 Å². The second kappa shape index (κ2) is 10.9. The Morgan fingerprint density at radius 3 is 2.00 bits per heavy atom. The molecule has 1 amide bonds. The lowest BCUT2D eigenvalue weighted by atomic mass is 9.94. The molecule has 138 valence electrons. The van der Waals surface area contributed by atoms with Gasteiger partial charge in [0, 0.05) is 13.1 Å². The molecule has 23 heavy (non-hydrogen) atoms. The Hall–Kier alpha value is -0.770. The van der Waals surface area contributed by atoms with Crippen molar-refractivity contribution < 1.29 is 14.6 Å². The van der Waals surface area contributed by atoms with Gasteiger partial charge in [-0.1, -0.05) is 39.5 Å². The Morgan fingerprint density at radius 2 is 1.57 bits per heavy atom. The van der Waals surface area contributed by atoms with Crippen LogP contribution in [0.2, 0.25) is 0 Å². The molecule has 1 saturated heterocycles. The second-order valence-corrected chi connectivity index (χ2v) is 7.88. The van der Waals surface area contributed by atoms with E-state index in [0.29, 0.717) is 0 Å². The van der Waals surface area contributed by atoms with Crippen LogP contribution < -0.4 is 0 Å². The first kappa shape index (κ1) is 22.2. The minimum Gasteiger partial charge on any atom is -0.444 e. The average molecular weight is 330 g/mol. The zero-order chi connectivity index (χ0) is 17.9. The third-order valence-corrected chi connectivity index (χ3v) is 3.87. The van der Waals surface area contributed by atoms with Crippen molar-refractivity contribution in [1.29, 1.82) is 0 Å². The second-order valence-electron chi connectivity index (χ2n) is 7.88. The Kier molecular flexibility index (Phi) is 10.5. The van der Waals surface area contributed by atoms with Gasteiger partial charge in [0.05, 0.1) is 5.60 Å². The van der Waals surface area contributed by atoms with E-state index in [9.17, 15) is 9.90 Å². The molecule has 1 N–H and O–H groups in total. The molecule has 4 nitrogen and oxygen atoms in total. The summed E-state index contributed by atoms with van der Waals surface area (Å²) in [5.41, 5.74) is -0.760. The first-order valence-corrected chi connectivity index (χ1v) is 9.31. The number of likely N-dealkylation sites (tertiary alicyclic amines) is 1. The highest BCUT2D eigenvalue weighted by Gasteiger charge is 2.23. The molecule has 0 saturated carbocycles. The lowest BCUT2D eigenvalue weighted by Crippen LogP contribution is -2.34. The predicted octanol–water partition coefficient (Wildman–Crippen LogP) is 5.14. The molecule has 0 aromatic heterocycles. The SMILES string of the molecule is CC(C)(C)OC(=O)N1CCCC1.CCCCCC(C)(O)CCC. The summed E-state index contributed by atoms with van der Waals surface area (Å²) in [6, 6.07) is 0. The quantitative estimate of drug-likeness (QED) is 0.687. The van der Waals surface area contributed by atoms with Crippen molar-refractivity contribution in [3.63, 3.8) is 0 Å². The number of unbranched alkanes of at least 4 members (excludes halogenated alkanes) is 2. The molecule has 1 unspecified atom stereocenters. The van der Waals surface area contributed by atoms with E-state index in [2.05, 4.69) is 13.8 Å². The summed E-state index contributed by atoms with van der Waals surface area (Å²) in [6.45, 7) is 13.6. The molecule has 1 aliphatic heterocycles. The fraction of sp³-hybridized carbons (Fsp3) is 0.947. The summed E-state index contributed by atoms with van der Waals surface area (Å²) in [4.78, 5) is 13.1. The maximum absolute atomic E-state index is 11.4. The smallest absolute Gasteiger partial charge is 0.410 e. The predicted molar refractivity (Wildman–Crippen MR) is 96.7 cm³/mol. The topological polar surface area (TPSA) is 49.8 Å². The summed E-state index contributed by atoms with van der Waals surface area (Å²) in [6.07, 6.45) is 8.70. The number of hydrogen-bond donors (Lipinski definition) is 1. The summed E-state index contributed by atoms with van der Waals surface area (Å²) >= 11 is 0. The maximum atomic E-state index is 11.4. The van der Waals surface area contributed by atoms with E-state index in [1.807, 2.05) is 27.7 Å². The van der Waals surface area contributed by atoms with E-state index in [0.717, 1.165) is 45.2 Å². The van der Waals surface area contributed by atoms with Crippen molar-refractivity contribution in [3.8, 4) is 0 Å². The van der Waals surface area contributed by atoms with Crippen molar-refractivity contribution in [2.45, 2.75) is 104 Å². The lowest BCUT2D eigenvalue weighted by Gasteiger charge is -2.23. The molecule has 1 rings (SSSR count). The highest BCUT2D eigenvalue weighted by atomic mass is 16.6. The van der Waals surface area contributed by atoms with Gasteiger partial charge in [-0.25, -0.2) is 4.79 Å². The summed E-state index contributed by atoms with van der Waals surface area (Å²) in [5, 5.41) is 9.74. The largest absolute Gasteiger partial charge is 0.444 e. The lowest BCUT2D eigenvalue weighted by molar-refractivity contribution is 0.0294. The number of nitrogens with zero attached hydrogens (tertiary/aromatic N) is 1. The third-order valence-electron chi connectivity index (χ3n) is 3.87. The molecule has 1 aliphatic rings. The van der Waals surface area contributed by atoms with Gasteiger partial charge in [0.2, 0.25) is 0 Å². The number of rotatable bonds is 6. The van der Waals surface area contributed by atoms with E-state index < -0.39 is 5.60 Å². The van der Waals surface area contributed by atoms with Crippen LogP contribution in [0.15, 0.2) is 0 Å². The fourth-order valence-corrected chi connectivity index (χ4v) is 2.65. The molecule has 1 atom stereocenters. The molecule has 0 radical (unpaired) electrons. The molecule has 1 fully saturated rings. The summed E-state index contributed by atoms with van der Waals surface area (Å²) in [5.74, 6) is 0. The monoisotopic (exact) mass is 329 g/mol. The van der Waals surface area contributed by atoms with Gasteiger partial charge < -0.3 is 14.7 Å². The molecular weight excluding hydrogens is 290 g/mol. The number of aliphatic hydroxyl groups is 1. The first-order valence-electron chi connectivity index (χ1n) is 9.31. The Bertz CT molecular complexity index is 315. The van der Waals surface area contributed by atoms with Gasteiger partial charge in [0.25, 0.3) is 0 Å². The Balaban J connectivity index is 0.000000423. The normalized spacial score (nSPS) is 17.3. The van der Waals surface area contributed by atoms with Crippen molar-refractivity contribution in [3.05, 3.63) is 0 Å². The van der Waals surface area contributed by atoms with Crippen molar-refractivity contribution in [2.24, 2.45) is 0 Å². The van der Waals surface area contributed by atoms with Crippen LogP contribution in [0.5, 0.6) is 0 Å². The van der Waals surface area contributed by atoms with Crippen LogP contribution in [0.25, 0.3) is 0 Å². The van der Waals surface area contributed by atoms with Gasteiger partial charge in [0.1, 0.15) is 5.60 Å². The molecule has 0 aliphatic carbocycles. The van der Waals surface area contributed by atoms with Crippen molar-refractivity contribution in [1.82, 2.24) is 4.90 Å². The minimum absolute atomic E-state index is 0.167. The number of carbonyl (C=O) groups excluding carboxylic acids is 1. The van der Waals surface area contributed by atoms with Crippen LogP contribution in [0.4, 0.5) is 4.79 Å². The van der Waals surface area contributed by atoms with Crippen molar-refractivity contribution in [2.75, 3.05) is 13.1 Å². The number of amides is 1. The zero-order valence-corrected chi connectivity index (χ0v) is 16.3. The van der Waals surface area contributed by atoms with Crippen LogP contribution in [0.1, 0.15) is 92.9 Å². The minimum atomic E-state index is -0.399. The number of ether oxygens (including phenoxy) is 1. The van der Waals surface area contributed by atoms with E-state index >= 15 is 0 Å². The van der Waals surface area contributed by atoms with Gasteiger partial charge in [-0.2, -0.15) is 0 Å². The highest BCUT2D eigenvalue weighted by Crippen LogP contribution is 2.19. The van der Waals surface area contributed by atoms with E-state index in [-0.39, 0.29) is 11.7 Å². The van der Waals surface area contributed by atoms with Gasteiger partial charge in [-0.05, 0) is 53.4 Å². The Labute approximate surface area is 143 Å². The van der Waals surface area contributed by atoms with E-state index in [1.165, 1.54) is 19.3 Å². The average Bonchev–Trinajstić information content (AvgIpc) is 2.91. The van der Waals surface area contributed by atoms with Gasteiger partial charge in [0.15, 0.2) is 0 Å². The van der Waals surface area contributed by atoms with Gasteiger partial charge in [-0.3, -0.25) is 0 Å². The molecule has 0 aromatic rings. The highest BCUT2D eigenvalue weighted by molar-refractivity contribution is 5.68. The number of hydrogen-bond acceptors (Lipinski definition) is 3. The maximum Gasteiger partial charge on any atom is 0.410 e. The fourth-order valence-electron chi connectivity index (χ4n) is 2.65. The third kappa shape index (κ3) is 12.3. The van der Waals surface area contributed by atoms with Crippen molar-refractivity contribution >= 4 is 6.09 Å². The molecule has 1 heterocycles. The van der Waals surface area contributed by atoms with E-state index in [4.69, 9.17) is 4.74 Å². The first-order chi connectivity index (χ1) is 10.6. The molecule has 0 aromatic carbocycles. The number of carbonyl (C=O) groups is 1. The van der Waals surface area contributed by atoms with E-state index in [1.54, 1.807) is 4.90 Å². The van der Waals surface area contributed by atoms with Crippen LogP contribution in [0.3, 0.4) is 0 Å². The zero-order valence-electron chi connectivity index (χ0n) is 16.3.